The summed E-state index contributed by atoms with van der Waals surface area (Å²) in [5.41, 5.74) is 0.843. The monoisotopic (exact) mass is 300 g/mol. The lowest BCUT2D eigenvalue weighted by Crippen LogP contribution is -2.11. The fraction of sp³-hybridized carbons (Fsp3) is 0.462. The summed E-state index contributed by atoms with van der Waals surface area (Å²) in [6.45, 7) is 1.45. The third-order valence-corrected chi connectivity index (χ3v) is 3.68. The molecule has 92 valence electrons. The highest BCUT2D eigenvalue weighted by Crippen LogP contribution is 2.21. The summed E-state index contributed by atoms with van der Waals surface area (Å²) < 4.78 is 18.8. The molecule has 2 nitrogen and oxygen atoms in total. The van der Waals surface area contributed by atoms with Gasteiger partial charge in [-0.3, -0.25) is 4.79 Å². The minimum atomic E-state index is -0.294. The quantitative estimate of drug-likeness (QED) is 0.854. The SMILES string of the molecule is O=C(Cc1ccc(F)cc1Br)CC1CCOC1. The van der Waals surface area contributed by atoms with Crippen LogP contribution in [0.4, 0.5) is 4.39 Å². The molecule has 1 aliphatic heterocycles. The van der Waals surface area contributed by atoms with E-state index in [9.17, 15) is 9.18 Å². The van der Waals surface area contributed by atoms with Crippen LogP contribution in [0.2, 0.25) is 0 Å². The molecule has 1 atom stereocenters. The predicted octanol–water partition coefficient (Wildman–Crippen LogP) is 3.13. The first kappa shape index (κ1) is 12.7. The Labute approximate surface area is 108 Å². The topological polar surface area (TPSA) is 26.3 Å². The van der Waals surface area contributed by atoms with E-state index in [1.54, 1.807) is 6.07 Å². The third kappa shape index (κ3) is 3.61. The van der Waals surface area contributed by atoms with E-state index in [-0.39, 0.29) is 11.6 Å². The molecular weight excluding hydrogens is 287 g/mol. The van der Waals surface area contributed by atoms with Crippen LogP contribution in [0.25, 0.3) is 0 Å². The second-order valence-corrected chi connectivity index (χ2v) is 5.24. The van der Waals surface area contributed by atoms with E-state index in [1.165, 1.54) is 12.1 Å². The van der Waals surface area contributed by atoms with Crippen molar-refractivity contribution in [1.29, 1.82) is 0 Å². The Morgan fingerprint density at radius 3 is 3.00 bits per heavy atom. The standard InChI is InChI=1S/C13H14BrFO2/c14-13-7-11(15)2-1-10(13)6-12(16)5-9-3-4-17-8-9/h1-2,7,9H,3-6,8H2. The number of rotatable bonds is 4. The summed E-state index contributed by atoms with van der Waals surface area (Å²) in [5.74, 6) is 0.256. The van der Waals surface area contributed by atoms with Crippen LogP contribution in [0.3, 0.4) is 0 Å². The zero-order valence-electron chi connectivity index (χ0n) is 9.42. The lowest BCUT2D eigenvalue weighted by atomic mass is 9.98. The number of Topliss-reactive ketones (excluding diaryl/α,β-unsaturated/α-hetero) is 1. The first-order chi connectivity index (χ1) is 8.15. The number of ketones is 1. The lowest BCUT2D eigenvalue weighted by molar-refractivity contribution is -0.119. The summed E-state index contributed by atoms with van der Waals surface area (Å²) in [6, 6.07) is 4.43. The van der Waals surface area contributed by atoms with Gasteiger partial charge in [-0.15, -0.1) is 0 Å². The van der Waals surface area contributed by atoms with Gasteiger partial charge >= 0.3 is 0 Å². The number of hydrogen-bond donors (Lipinski definition) is 0. The molecule has 1 fully saturated rings. The molecule has 0 bridgehead atoms. The summed E-state index contributed by atoms with van der Waals surface area (Å²) >= 11 is 3.27. The minimum absolute atomic E-state index is 0.188. The number of hydrogen-bond acceptors (Lipinski definition) is 2. The van der Waals surface area contributed by atoms with Gasteiger partial charge in [0.25, 0.3) is 0 Å². The van der Waals surface area contributed by atoms with Gasteiger partial charge in [0.15, 0.2) is 0 Å². The maximum absolute atomic E-state index is 12.9. The van der Waals surface area contributed by atoms with E-state index in [0.717, 1.165) is 18.6 Å². The average Bonchev–Trinajstić information content (AvgIpc) is 2.75. The normalized spacial score (nSPS) is 19.5. The number of halogens is 2. The zero-order valence-corrected chi connectivity index (χ0v) is 11.0. The van der Waals surface area contributed by atoms with Crippen molar-refractivity contribution in [2.24, 2.45) is 5.92 Å². The van der Waals surface area contributed by atoms with E-state index < -0.39 is 0 Å². The van der Waals surface area contributed by atoms with Crippen LogP contribution >= 0.6 is 15.9 Å². The van der Waals surface area contributed by atoms with Gasteiger partial charge in [0.2, 0.25) is 0 Å². The van der Waals surface area contributed by atoms with Crippen molar-refractivity contribution in [2.75, 3.05) is 13.2 Å². The molecule has 0 aliphatic carbocycles. The van der Waals surface area contributed by atoms with Crippen LogP contribution in [0.15, 0.2) is 22.7 Å². The fourth-order valence-electron chi connectivity index (χ4n) is 2.02. The molecule has 0 aromatic heterocycles. The summed E-state index contributed by atoms with van der Waals surface area (Å²) in [7, 11) is 0. The zero-order chi connectivity index (χ0) is 12.3. The van der Waals surface area contributed by atoms with Crippen LogP contribution < -0.4 is 0 Å². The number of ether oxygens (including phenoxy) is 1. The van der Waals surface area contributed by atoms with Crippen molar-refractivity contribution < 1.29 is 13.9 Å². The van der Waals surface area contributed by atoms with E-state index in [4.69, 9.17) is 4.74 Å². The van der Waals surface area contributed by atoms with Gasteiger partial charge < -0.3 is 4.74 Å². The molecule has 4 heteroatoms. The average molecular weight is 301 g/mol. The molecule has 1 heterocycles. The maximum atomic E-state index is 12.9. The molecular formula is C13H14BrFO2. The van der Waals surface area contributed by atoms with Gasteiger partial charge in [-0.1, -0.05) is 22.0 Å². The Hall–Kier alpha value is -0.740. The second-order valence-electron chi connectivity index (χ2n) is 4.38. The van der Waals surface area contributed by atoms with Crippen molar-refractivity contribution in [3.63, 3.8) is 0 Å². The van der Waals surface area contributed by atoms with Crippen LogP contribution in [0.5, 0.6) is 0 Å². The molecule has 17 heavy (non-hydrogen) atoms. The van der Waals surface area contributed by atoms with E-state index in [0.29, 0.717) is 29.8 Å². The molecule has 0 N–H and O–H groups in total. The molecule has 1 aromatic carbocycles. The van der Waals surface area contributed by atoms with Gasteiger partial charge in [0.05, 0.1) is 0 Å². The van der Waals surface area contributed by atoms with Gasteiger partial charge in [0, 0.05) is 30.5 Å². The van der Waals surface area contributed by atoms with Crippen LogP contribution in [0.1, 0.15) is 18.4 Å². The molecule has 1 saturated heterocycles. The van der Waals surface area contributed by atoms with E-state index in [1.807, 2.05) is 0 Å². The Morgan fingerprint density at radius 1 is 1.53 bits per heavy atom. The number of carbonyl (C=O) groups excluding carboxylic acids is 1. The number of benzene rings is 1. The summed E-state index contributed by atoms with van der Waals surface area (Å²) in [4.78, 5) is 11.8. The highest BCUT2D eigenvalue weighted by atomic mass is 79.9. The maximum Gasteiger partial charge on any atom is 0.137 e. The van der Waals surface area contributed by atoms with Crippen molar-refractivity contribution in [2.45, 2.75) is 19.3 Å². The Balaban J connectivity index is 1.93. The van der Waals surface area contributed by atoms with Crippen LogP contribution in [-0.4, -0.2) is 19.0 Å². The van der Waals surface area contributed by atoms with Gasteiger partial charge in [-0.05, 0) is 30.0 Å². The van der Waals surface area contributed by atoms with Gasteiger partial charge in [-0.2, -0.15) is 0 Å². The molecule has 1 aliphatic rings. The van der Waals surface area contributed by atoms with E-state index in [2.05, 4.69) is 15.9 Å². The second kappa shape index (κ2) is 5.74. The Morgan fingerprint density at radius 2 is 2.35 bits per heavy atom. The minimum Gasteiger partial charge on any atom is -0.381 e. The van der Waals surface area contributed by atoms with Crippen molar-refractivity contribution >= 4 is 21.7 Å². The van der Waals surface area contributed by atoms with Crippen LogP contribution in [-0.2, 0) is 16.0 Å². The van der Waals surface area contributed by atoms with Gasteiger partial charge in [0.1, 0.15) is 11.6 Å². The molecule has 0 spiro atoms. The first-order valence-electron chi connectivity index (χ1n) is 5.68. The van der Waals surface area contributed by atoms with Crippen LogP contribution in [0, 0.1) is 11.7 Å². The molecule has 0 saturated carbocycles. The molecule has 1 aromatic rings. The fourth-order valence-corrected chi connectivity index (χ4v) is 2.51. The van der Waals surface area contributed by atoms with E-state index >= 15 is 0 Å². The molecule has 1 unspecified atom stereocenters. The summed E-state index contributed by atoms with van der Waals surface area (Å²) in [6.07, 6.45) is 1.89. The highest BCUT2D eigenvalue weighted by Gasteiger charge is 2.19. The first-order valence-corrected chi connectivity index (χ1v) is 6.48. The van der Waals surface area contributed by atoms with Gasteiger partial charge in [-0.25, -0.2) is 4.39 Å². The molecule has 0 radical (unpaired) electrons. The third-order valence-electron chi connectivity index (χ3n) is 2.94. The Bertz CT molecular complexity index is 414. The largest absolute Gasteiger partial charge is 0.381 e. The molecule has 2 rings (SSSR count). The lowest BCUT2D eigenvalue weighted by Gasteiger charge is -2.07. The molecule has 0 amide bonds. The van der Waals surface area contributed by atoms with Crippen molar-refractivity contribution in [1.82, 2.24) is 0 Å². The van der Waals surface area contributed by atoms with Crippen molar-refractivity contribution in [3.8, 4) is 0 Å². The smallest absolute Gasteiger partial charge is 0.137 e. The predicted molar refractivity (Wildman–Crippen MR) is 66.4 cm³/mol. The Kier molecular flexibility index (Phi) is 4.29. The summed E-state index contributed by atoms with van der Waals surface area (Å²) in [5, 5.41) is 0. The van der Waals surface area contributed by atoms with Crippen molar-refractivity contribution in [3.05, 3.63) is 34.1 Å². The highest BCUT2D eigenvalue weighted by molar-refractivity contribution is 9.10. The number of carbonyl (C=O) groups is 1.